The summed E-state index contributed by atoms with van der Waals surface area (Å²) >= 11 is 0. The van der Waals surface area contributed by atoms with E-state index in [0.717, 1.165) is 49.9 Å². The van der Waals surface area contributed by atoms with E-state index in [1.807, 2.05) is 4.90 Å². The first-order valence-corrected chi connectivity index (χ1v) is 15.7. The highest BCUT2D eigenvalue weighted by molar-refractivity contribution is 6.02. The molecule has 0 radical (unpaired) electrons. The lowest BCUT2D eigenvalue weighted by molar-refractivity contribution is 0.107. The van der Waals surface area contributed by atoms with Gasteiger partial charge in [0.15, 0.2) is 5.82 Å². The second-order valence-electron chi connectivity index (χ2n) is 13.2. The van der Waals surface area contributed by atoms with Crippen molar-refractivity contribution in [3.63, 3.8) is 0 Å². The number of halogens is 2. The fourth-order valence-corrected chi connectivity index (χ4v) is 8.25. The Labute approximate surface area is 270 Å². The average Bonchev–Trinajstić information content (AvgIpc) is 3.62. The van der Waals surface area contributed by atoms with Crippen molar-refractivity contribution >= 4 is 33.6 Å². The maximum absolute atomic E-state index is 16.8. The van der Waals surface area contributed by atoms with Gasteiger partial charge >= 0.3 is 12.1 Å². The minimum Gasteiger partial charge on any atom is -0.465 e. The van der Waals surface area contributed by atoms with Gasteiger partial charge in [-0.2, -0.15) is 9.97 Å². The number of hydrogen-bond acceptors (Lipinski definition) is 7. The number of benzene rings is 2. The van der Waals surface area contributed by atoms with Crippen LogP contribution in [0.1, 0.15) is 31.2 Å². The summed E-state index contributed by atoms with van der Waals surface area (Å²) in [6.07, 6.45) is 9.27. The number of piperazine rings is 1. The Morgan fingerprint density at radius 1 is 1.09 bits per heavy atom. The number of pyridine rings is 1. The summed E-state index contributed by atoms with van der Waals surface area (Å²) in [7, 11) is 0. The lowest BCUT2D eigenvalue weighted by Crippen LogP contribution is -2.55. The Morgan fingerprint density at radius 2 is 1.81 bits per heavy atom. The Balaban J connectivity index is 1.26. The first-order valence-electron chi connectivity index (χ1n) is 15.7. The Bertz CT molecular complexity index is 2040. The zero-order valence-corrected chi connectivity index (χ0v) is 25.7. The number of terminal acetylenes is 1. The smallest absolute Gasteiger partial charge is 0.407 e. The maximum Gasteiger partial charge on any atom is 0.407 e. The molecule has 4 aromatic rings. The van der Waals surface area contributed by atoms with Gasteiger partial charge in [-0.05, 0) is 37.1 Å². The van der Waals surface area contributed by atoms with Crippen LogP contribution in [0.2, 0.25) is 0 Å². The quantitative estimate of drug-likeness (QED) is 0.218. The average molecular weight is 635 g/mol. The van der Waals surface area contributed by atoms with Crippen LogP contribution in [0.3, 0.4) is 0 Å². The summed E-state index contributed by atoms with van der Waals surface area (Å²) in [6, 6.07) is 7.67. The normalized spacial score (nSPS) is 21.9. The van der Waals surface area contributed by atoms with Gasteiger partial charge in [0.2, 0.25) is 0 Å². The molecule has 11 heteroatoms. The number of carboxylic acid groups (broad SMARTS) is 1. The van der Waals surface area contributed by atoms with Crippen LogP contribution >= 0.6 is 0 Å². The molecule has 8 rings (SSSR count). The fraction of sp³-hybridized carbons (Fsp3) is 0.333. The van der Waals surface area contributed by atoms with E-state index in [-0.39, 0.29) is 47.0 Å². The van der Waals surface area contributed by atoms with Crippen molar-refractivity contribution in [2.75, 3.05) is 37.7 Å². The molecule has 4 fully saturated rings. The zero-order chi connectivity index (χ0) is 32.6. The van der Waals surface area contributed by atoms with Gasteiger partial charge < -0.3 is 14.7 Å². The first kappa shape index (κ1) is 29.3. The van der Waals surface area contributed by atoms with Crippen LogP contribution in [-0.4, -0.2) is 86.4 Å². The third-order valence-corrected chi connectivity index (χ3v) is 10.2. The number of rotatable bonds is 5. The lowest BCUT2D eigenvalue weighted by Gasteiger charge is -2.40. The second-order valence-corrected chi connectivity index (χ2v) is 13.2. The number of aromatic nitrogens is 3. The van der Waals surface area contributed by atoms with E-state index in [9.17, 15) is 14.3 Å². The van der Waals surface area contributed by atoms with Gasteiger partial charge in [-0.1, -0.05) is 54.5 Å². The molecule has 47 heavy (non-hydrogen) atoms. The number of nitrogens with zero attached hydrogens (tertiary/aromatic N) is 6. The molecule has 6 heterocycles. The monoisotopic (exact) mass is 634 g/mol. The van der Waals surface area contributed by atoms with Crippen LogP contribution < -0.4 is 9.64 Å². The minimum atomic E-state index is -0.941. The Kier molecular flexibility index (Phi) is 6.70. The Hall–Kier alpha value is -5.08. The summed E-state index contributed by atoms with van der Waals surface area (Å²) in [4.78, 5) is 31.8. The van der Waals surface area contributed by atoms with Crippen LogP contribution in [-0.2, 0) is 0 Å². The molecule has 2 atom stereocenters. The topological polar surface area (TPSA) is 94.9 Å². The molecule has 4 aliphatic heterocycles. The molecule has 1 amide bonds. The van der Waals surface area contributed by atoms with E-state index in [0.29, 0.717) is 40.6 Å². The van der Waals surface area contributed by atoms with E-state index >= 15 is 4.39 Å². The Morgan fingerprint density at radius 3 is 2.49 bits per heavy atom. The maximum atomic E-state index is 16.8. The lowest BCUT2D eigenvalue weighted by atomic mass is 9.92. The molecule has 0 aliphatic carbocycles. The summed E-state index contributed by atoms with van der Waals surface area (Å²) in [5, 5.41) is 11.2. The predicted octanol–water partition coefficient (Wildman–Crippen LogP) is 5.77. The third kappa shape index (κ3) is 4.61. The van der Waals surface area contributed by atoms with Crippen molar-refractivity contribution in [2.24, 2.45) is 0 Å². The standard InChI is InChI=1S/C36H32F2N6O3/c1-4-25-28(37)11-8-22-6-5-7-26(29(22)25)31-30(38)32-27(14-39-31)33(42-17-23-9-10-24(18-42)44(23)35(45)46)41-34(40-32)47-19-36-12-20(2)15-43(36)16-21(3)13-36/h1,5-8,11,14,23-24H,2-3,9-10,12-13,15-19H2,(H,45,46)/t23-,24+. The SMILES string of the molecule is C#Cc1c(F)ccc2cccc(-c3ncc4c(N5C[C@H]6CC[C@@H](C5)N6C(=O)O)nc(OCC56CC(=C)CN5CC(=C)C6)nc4c3F)c12. The molecule has 2 aromatic heterocycles. The first-order chi connectivity index (χ1) is 22.7. The number of fused-ring (bicyclic) bond motifs is 5. The van der Waals surface area contributed by atoms with Gasteiger partial charge in [-0.25, -0.2) is 13.6 Å². The molecule has 1 N–H and O–H groups in total. The van der Waals surface area contributed by atoms with E-state index in [1.54, 1.807) is 24.3 Å². The van der Waals surface area contributed by atoms with Crippen molar-refractivity contribution in [1.29, 1.82) is 0 Å². The van der Waals surface area contributed by atoms with Crippen LogP contribution in [0, 0.1) is 24.0 Å². The third-order valence-electron chi connectivity index (χ3n) is 10.2. The van der Waals surface area contributed by atoms with Crippen molar-refractivity contribution in [1.82, 2.24) is 24.8 Å². The number of ether oxygens (including phenoxy) is 1. The highest BCUT2D eigenvalue weighted by Gasteiger charge is 2.48. The molecule has 4 saturated heterocycles. The molecule has 238 valence electrons. The van der Waals surface area contributed by atoms with Crippen LogP contribution in [0.4, 0.5) is 19.4 Å². The molecular weight excluding hydrogens is 602 g/mol. The van der Waals surface area contributed by atoms with E-state index in [2.05, 4.69) is 33.9 Å². The van der Waals surface area contributed by atoms with Gasteiger partial charge in [0, 0.05) is 43.3 Å². The second kappa shape index (κ2) is 10.7. The van der Waals surface area contributed by atoms with Crippen LogP contribution in [0.5, 0.6) is 6.01 Å². The summed E-state index contributed by atoms with van der Waals surface area (Å²) in [5.74, 6) is 1.55. The molecule has 0 saturated carbocycles. The van der Waals surface area contributed by atoms with Crippen molar-refractivity contribution < 1.29 is 23.4 Å². The summed E-state index contributed by atoms with van der Waals surface area (Å²) in [5.41, 5.74) is 2.26. The van der Waals surface area contributed by atoms with Gasteiger partial charge in [-0.3, -0.25) is 14.8 Å². The van der Waals surface area contributed by atoms with Gasteiger partial charge in [0.25, 0.3) is 0 Å². The number of hydrogen-bond donors (Lipinski definition) is 1. The van der Waals surface area contributed by atoms with E-state index in [1.165, 1.54) is 17.2 Å². The minimum absolute atomic E-state index is 0.000283. The fourth-order valence-electron chi connectivity index (χ4n) is 8.25. The predicted molar refractivity (Wildman–Crippen MR) is 174 cm³/mol. The number of carbonyl (C=O) groups is 1. The molecule has 9 nitrogen and oxygen atoms in total. The number of anilines is 1. The van der Waals surface area contributed by atoms with E-state index < -0.39 is 17.7 Å². The van der Waals surface area contributed by atoms with Crippen LogP contribution in [0.15, 0.2) is 60.8 Å². The van der Waals surface area contributed by atoms with Crippen molar-refractivity contribution in [3.05, 3.63) is 78.0 Å². The highest BCUT2D eigenvalue weighted by atomic mass is 19.1. The number of amides is 1. The molecule has 2 bridgehead atoms. The summed E-state index contributed by atoms with van der Waals surface area (Å²) in [6.45, 7) is 11.0. The van der Waals surface area contributed by atoms with Gasteiger partial charge in [-0.15, -0.1) is 6.42 Å². The molecule has 0 unspecified atom stereocenters. The van der Waals surface area contributed by atoms with Crippen molar-refractivity contribution in [3.8, 4) is 29.6 Å². The highest BCUT2D eigenvalue weighted by Crippen LogP contribution is 2.43. The molecular formula is C36H32F2N6O3. The zero-order valence-electron chi connectivity index (χ0n) is 25.7. The van der Waals surface area contributed by atoms with Gasteiger partial charge in [0.1, 0.15) is 29.5 Å². The molecule has 4 aliphatic rings. The van der Waals surface area contributed by atoms with Gasteiger partial charge in [0.05, 0.1) is 28.6 Å². The van der Waals surface area contributed by atoms with Crippen molar-refractivity contribution in [2.45, 2.75) is 43.3 Å². The van der Waals surface area contributed by atoms with E-state index in [4.69, 9.17) is 16.1 Å². The largest absolute Gasteiger partial charge is 0.465 e. The van der Waals surface area contributed by atoms with Crippen LogP contribution in [0.25, 0.3) is 32.9 Å². The molecule has 2 aromatic carbocycles. The summed E-state index contributed by atoms with van der Waals surface area (Å²) < 4.78 is 38.0. The molecule has 0 spiro atoms.